The molecule has 0 spiro atoms. The number of H-pyrrole nitrogens is 1. The Balaban J connectivity index is 1.88. The number of aromatic amines is 1. The zero-order chi connectivity index (χ0) is 20.5. The maximum Gasteiger partial charge on any atom is 0.268 e. The van der Waals surface area contributed by atoms with Crippen LogP contribution in [0.4, 0.5) is 0 Å². The normalized spacial score (nSPS) is 17.2. The van der Waals surface area contributed by atoms with Crippen LogP contribution in [0, 0.1) is 23.0 Å². The van der Waals surface area contributed by atoms with Crippen LogP contribution in [0.1, 0.15) is 43.2 Å². The SMILES string of the molecule is Cc1ccccc1-n1c(=O)c2c3c(sc2n2c(=S)[nH]nc12)C[C@H](C(C)(C)C)CC3. The van der Waals surface area contributed by atoms with E-state index in [2.05, 4.69) is 31.0 Å². The second kappa shape index (κ2) is 6.37. The average molecular weight is 425 g/mol. The van der Waals surface area contributed by atoms with Crippen LogP contribution in [0.5, 0.6) is 0 Å². The van der Waals surface area contributed by atoms with Crippen molar-refractivity contribution in [2.45, 2.75) is 47.0 Å². The van der Waals surface area contributed by atoms with Crippen molar-refractivity contribution in [2.24, 2.45) is 11.3 Å². The monoisotopic (exact) mass is 424 g/mol. The molecule has 5 nitrogen and oxygen atoms in total. The molecule has 0 radical (unpaired) electrons. The summed E-state index contributed by atoms with van der Waals surface area (Å²) in [4.78, 5) is 16.0. The highest BCUT2D eigenvalue weighted by Gasteiger charge is 2.32. The lowest BCUT2D eigenvalue weighted by molar-refractivity contribution is 0.218. The molecule has 0 aliphatic heterocycles. The van der Waals surface area contributed by atoms with E-state index in [9.17, 15) is 4.79 Å². The van der Waals surface area contributed by atoms with Gasteiger partial charge in [0, 0.05) is 4.88 Å². The predicted octanol–water partition coefficient (Wildman–Crippen LogP) is 5.22. The summed E-state index contributed by atoms with van der Waals surface area (Å²) in [7, 11) is 0. The smallest absolute Gasteiger partial charge is 0.268 e. The molecule has 0 saturated heterocycles. The molecule has 1 atom stereocenters. The molecule has 0 bridgehead atoms. The molecule has 1 aromatic carbocycles. The maximum atomic E-state index is 13.8. The minimum atomic E-state index is 0.00232. The van der Waals surface area contributed by atoms with Crippen molar-refractivity contribution in [1.82, 2.24) is 19.2 Å². The second-order valence-corrected chi connectivity index (χ2v) is 10.6. The van der Waals surface area contributed by atoms with Gasteiger partial charge in [0.2, 0.25) is 10.5 Å². The summed E-state index contributed by atoms with van der Waals surface area (Å²) in [6.45, 7) is 8.95. The zero-order valence-corrected chi connectivity index (χ0v) is 18.7. The van der Waals surface area contributed by atoms with Crippen LogP contribution < -0.4 is 5.56 Å². The lowest BCUT2D eigenvalue weighted by atomic mass is 9.72. The van der Waals surface area contributed by atoms with Gasteiger partial charge in [-0.05, 0) is 66.9 Å². The lowest BCUT2D eigenvalue weighted by Crippen LogP contribution is -2.27. The molecule has 5 rings (SSSR count). The molecule has 0 unspecified atom stereocenters. The number of aryl methyl sites for hydroxylation is 2. The van der Waals surface area contributed by atoms with Crippen LogP contribution in [0.15, 0.2) is 29.1 Å². The molecule has 0 amide bonds. The van der Waals surface area contributed by atoms with Gasteiger partial charge in [0.05, 0.1) is 11.1 Å². The largest absolute Gasteiger partial charge is 0.268 e. The van der Waals surface area contributed by atoms with E-state index in [0.29, 0.717) is 16.5 Å². The first-order valence-electron chi connectivity index (χ1n) is 9.99. The molecular weight excluding hydrogens is 400 g/mol. The number of thiophene rings is 1. The zero-order valence-electron chi connectivity index (χ0n) is 17.1. The minimum absolute atomic E-state index is 0.00232. The Labute approximate surface area is 178 Å². The van der Waals surface area contributed by atoms with Crippen LogP contribution >= 0.6 is 23.6 Å². The van der Waals surface area contributed by atoms with Gasteiger partial charge in [-0.2, -0.15) is 0 Å². The Morgan fingerprint density at radius 2 is 2.03 bits per heavy atom. The second-order valence-electron chi connectivity index (χ2n) is 9.08. The molecule has 1 aliphatic rings. The number of hydrogen-bond acceptors (Lipinski definition) is 4. The number of aromatic nitrogens is 4. The van der Waals surface area contributed by atoms with Gasteiger partial charge in [-0.1, -0.05) is 39.0 Å². The molecule has 1 aliphatic carbocycles. The quantitative estimate of drug-likeness (QED) is 0.426. The molecule has 0 saturated carbocycles. The fraction of sp³-hybridized carbons (Fsp3) is 0.409. The molecule has 7 heteroatoms. The van der Waals surface area contributed by atoms with Gasteiger partial charge in [-0.3, -0.25) is 4.79 Å². The fourth-order valence-electron chi connectivity index (χ4n) is 4.54. The van der Waals surface area contributed by atoms with E-state index in [4.69, 9.17) is 12.2 Å². The van der Waals surface area contributed by atoms with Gasteiger partial charge in [-0.15, -0.1) is 16.4 Å². The van der Waals surface area contributed by atoms with Gasteiger partial charge < -0.3 is 0 Å². The summed E-state index contributed by atoms with van der Waals surface area (Å²) in [5, 5.41) is 8.13. The first kappa shape index (κ1) is 18.8. The molecule has 0 fully saturated rings. The topological polar surface area (TPSA) is 55.1 Å². The van der Waals surface area contributed by atoms with E-state index in [1.54, 1.807) is 15.9 Å². The van der Waals surface area contributed by atoms with E-state index >= 15 is 0 Å². The van der Waals surface area contributed by atoms with Gasteiger partial charge in [0.15, 0.2) is 0 Å². The number of nitrogens with zero attached hydrogens (tertiary/aromatic N) is 3. The van der Waals surface area contributed by atoms with Crippen LogP contribution in [0.3, 0.4) is 0 Å². The average Bonchev–Trinajstić information content (AvgIpc) is 3.22. The van der Waals surface area contributed by atoms with Crippen molar-refractivity contribution in [1.29, 1.82) is 0 Å². The number of nitrogens with one attached hydrogen (secondary N) is 1. The number of fused-ring (bicyclic) bond motifs is 5. The van der Waals surface area contributed by atoms with Gasteiger partial charge in [-0.25, -0.2) is 14.1 Å². The third kappa shape index (κ3) is 2.74. The van der Waals surface area contributed by atoms with Gasteiger partial charge in [0.25, 0.3) is 5.56 Å². The molecule has 29 heavy (non-hydrogen) atoms. The third-order valence-electron chi connectivity index (χ3n) is 6.30. The highest BCUT2D eigenvalue weighted by atomic mass is 32.1. The number of para-hydroxylation sites is 1. The van der Waals surface area contributed by atoms with Crippen molar-refractivity contribution in [3.05, 3.63) is 55.4 Å². The Kier molecular flexibility index (Phi) is 4.12. The van der Waals surface area contributed by atoms with E-state index in [0.717, 1.165) is 40.7 Å². The van der Waals surface area contributed by atoms with Crippen LogP contribution in [0.2, 0.25) is 0 Å². The Morgan fingerprint density at radius 3 is 2.76 bits per heavy atom. The van der Waals surface area contributed by atoms with Gasteiger partial charge in [0.1, 0.15) is 4.83 Å². The van der Waals surface area contributed by atoms with Crippen molar-refractivity contribution < 1.29 is 0 Å². The molecule has 150 valence electrons. The van der Waals surface area contributed by atoms with Crippen molar-refractivity contribution in [3.63, 3.8) is 0 Å². The number of rotatable bonds is 1. The molecule has 4 aromatic rings. The highest BCUT2D eigenvalue weighted by Crippen LogP contribution is 2.42. The Hall–Kier alpha value is -2.25. The van der Waals surface area contributed by atoms with Crippen molar-refractivity contribution in [2.75, 3.05) is 0 Å². The van der Waals surface area contributed by atoms with E-state index in [1.165, 1.54) is 10.4 Å². The third-order valence-corrected chi connectivity index (χ3v) is 7.82. The van der Waals surface area contributed by atoms with Crippen molar-refractivity contribution in [3.8, 4) is 5.69 Å². The molecular formula is C22H24N4OS2. The first-order chi connectivity index (χ1) is 13.8. The van der Waals surface area contributed by atoms with E-state index in [1.807, 2.05) is 35.6 Å². The molecule has 3 heterocycles. The number of hydrogen-bond donors (Lipinski definition) is 1. The lowest BCUT2D eigenvalue weighted by Gasteiger charge is -2.33. The Bertz CT molecular complexity index is 1380. The highest BCUT2D eigenvalue weighted by molar-refractivity contribution is 7.71. The minimum Gasteiger partial charge on any atom is -0.268 e. The summed E-state index contributed by atoms with van der Waals surface area (Å²) in [6.07, 6.45) is 3.08. The summed E-state index contributed by atoms with van der Waals surface area (Å²) < 4.78 is 4.18. The summed E-state index contributed by atoms with van der Waals surface area (Å²) in [5.41, 5.74) is 3.35. The summed E-state index contributed by atoms with van der Waals surface area (Å²) >= 11 is 7.27. The predicted molar refractivity (Wildman–Crippen MR) is 121 cm³/mol. The maximum absolute atomic E-state index is 13.8. The van der Waals surface area contributed by atoms with Crippen LogP contribution in [-0.4, -0.2) is 19.2 Å². The summed E-state index contributed by atoms with van der Waals surface area (Å²) in [6, 6.07) is 7.91. The molecule has 1 N–H and O–H groups in total. The first-order valence-corrected chi connectivity index (χ1v) is 11.2. The molecule has 3 aromatic heterocycles. The number of benzene rings is 1. The van der Waals surface area contributed by atoms with Crippen LogP contribution in [-0.2, 0) is 12.8 Å². The Morgan fingerprint density at radius 1 is 1.28 bits per heavy atom. The fourth-order valence-corrected chi connectivity index (χ4v) is 6.24. The van der Waals surface area contributed by atoms with Crippen molar-refractivity contribution >= 4 is 39.5 Å². The van der Waals surface area contributed by atoms with Gasteiger partial charge >= 0.3 is 0 Å². The van der Waals surface area contributed by atoms with Crippen LogP contribution in [0.25, 0.3) is 21.7 Å². The van der Waals surface area contributed by atoms with E-state index < -0.39 is 0 Å². The van der Waals surface area contributed by atoms with E-state index in [-0.39, 0.29) is 11.0 Å². The summed E-state index contributed by atoms with van der Waals surface area (Å²) in [5.74, 6) is 1.17. The standard InChI is InChI=1S/C22H24N4OS2/c1-12-7-5-6-8-15(12)25-18(27)17-14-10-9-13(22(2,3)4)11-16(14)29-19(17)26-20(25)23-24-21(26)28/h5-8,13H,9-11H2,1-4H3,(H,24,28)/t13-/m1/s1.